The van der Waals surface area contributed by atoms with Crippen LogP contribution in [0.15, 0.2) is 54.6 Å². The van der Waals surface area contributed by atoms with Gasteiger partial charge in [0.05, 0.1) is 18.5 Å². The van der Waals surface area contributed by atoms with Crippen LogP contribution in [-0.4, -0.2) is 35.4 Å². The van der Waals surface area contributed by atoms with E-state index in [1.54, 1.807) is 7.11 Å². The first kappa shape index (κ1) is 18.8. The minimum atomic E-state index is 0.920. The molecule has 1 heterocycles. The van der Waals surface area contributed by atoms with Crippen molar-refractivity contribution in [3.05, 3.63) is 77.1 Å². The molecule has 0 aliphatic heterocycles. The lowest BCUT2D eigenvalue weighted by molar-refractivity contribution is 0.316. The van der Waals surface area contributed by atoms with Crippen LogP contribution in [0.2, 0.25) is 0 Å². The molecule has 1 aliphatic carbocycles. The number of hydrogen-bond donors (Lipinski definition) is 0. The molecule has 0 atom stereocenters. The first-order valence-electron chi connectivity index (χ1n) is 10.2. The first-order chi connectivity index (χ1) is 13.7. The van der Waals surface area contributed by atoms with E-state index in [0.717, 1.165) is 44.5 Å². The third-order valence-electron chi connectivity index (χ3n) is 5.60. The lowest BCUT2D eigenvalue weighted by Crippen LogP contribution is -2.20. The Morgan fingerprint density at radius 2 is 1.82 bits per heavy atom. The van der Waals surface area contributed by atoms with Crippen molar-refractivity contribution in [3.63, 3.8) is 0 Å². The van der Waals surface area contributed by atoms with E-state index < -0.39 is 0 Å². The maximum Gasteiger partial charge on any atom is 0.118 e. The number of methoxy groups -OCH3 is 1. The lowest BCUT2D eigenvalue weighted by Gasteiger charge is -2.16. The third kappa shape index (κ3) is 4.12. The predicted octanol–water partition coefficient (Wildman–Crippen LogP) is 4.43. The zero-order chi connectivity index (χ0) is 19.3. The molecular weight excluding hydrogens is 346 g/mol. The monoisotopic (exact) mass is 375 g/mol. The summed E-state index contributed by atoms with van der Waals surface area (Å²) in [5.41, 5.74) is 6.68. The Balaban J connectivity index is 1.37. The van der Waals surface area contributed by atoms with Gasteiger partial charge in [-0.05, 0) is 81.1 Å². The smallest absolute Gasteiger partial charge is 0.118 e. The summed E-state index contributed by atoms with van der Waals surface area (Å²) in [6.07, 6.45) is 5.78. The Hall–Kier alpha value is -2.59. The summed E-state index contributed by atoms with van der Waals surface area (Å²) in [4.78, 5) is 2.40. The molecule has 0 N–H and O–H groups in total. The normalized spacial score (nSPS) is 13.1. The highest BCUT2D eigenvalue weighted by Crippen LogP contribution is 2.28. The molecule has 2 aromatic carbocycles. The number of para-hydroxylation sites is 1. The summed E-state index contributed by atoms with van der Waals surface area (Å²) in [6, 6.07) is 18.9. The molecule has 0 amide bonds. The van der Waals surface area contributed by atoms with Crippen molar-refractivity contribution in [2.45, 2.75) is 38.6 Å². The lowest BCUT2D eigenvalue weighted by atomic mass is 10.1. The Bertz CT molecular complexity index is 900. The maximum absolute atomic E-state index is 5.23. The number of fused-ring (bicyclic) bond motifs is 1. The zero-order valence-corrected chi connectivity index (χ0v) is 16.9. The Morgan fingerprint density at radius 3 is 2.57 bits per heavy atom. The van der Waals surface area contributed by atoms with E-state index in [2.05, 4.69) is 59.1 Å². The van der Waals surface area contributed by atoms with Gasteiger partial charge in [-0.1, -0.05) is 30.3 Å². The summed E-state index contributed by atoms with van der Waals surface area (Å²) < 4.78 is 7.40. The van der Waals surface area contributed by atoms with Crippen LogP contribution in [0.25, 0.3) is 5.69 Å². The van der Waals surface area contributed by atoms with Gasteiger partial charge in [-0.25, -0.2) is 4.68 Å². The molecule has 0 saturated carbocycles. The number of nitrogens with zero attached hydrogens (tertiary/aromatic N) is 3. The molecule has 146 valence electrons. The topological polar surface area (TPSA) is 30.3 Å². The fourth-order valence-electron chi connectivity index (χ4n) is 4.10. The van der Waals surface area contributed by atoms with Crippen molar-refractivity contribution < 1.29 is 4.74 Å². The van der Waals surface area contributed by atoms with Crippen molar-refractivity contribution in [1.82, 2.24) is 14.7 Å². The number of hydrogen-bond acceptors (Lipinski definition) is 3. The van der Waals surface area contributed by atoms with E-state index in [0.29, 0.717) is 0 Å². The minimum absolute atomic E-state index is 0.920. The standard InChI is InChI=1S/C24H29N3O/c1-26(17-7-8-19-13-15-21(28-2)16-14-19)18-23-22-11-6-12-24(22)27(25-23)20-9-4-3-5-10-20/h3-5,9-10,13-16H,6-8,11-12,17-18H2,1-2H3. The van der Waals surface area contributed by atoms with Crippen LogP contribution in [0.4, 0.5) is 0 Å². The van der Waals surface area contributed by atoms with Crippen LogP contribution in [0.3, 0.4) is 0 Å². The summed E-state index contributed by atoms with van der Waals surface area (Å²) in [5.74, 6) is 0.920. The molecule has 4 nitrogen and oxygen atoms in total. The van der Waals surface area contributed by atoms with Gasteiger partial charge in [-0.2, -0.15) is 5.10 Å². The minimum Gasteiger partial charge on any atom is -0.497 e. The Labute approximate surface area is 167 Å². The molecule has 0 radical (unpaired) electrons. The van der Waals surface area contributed by atoms with Gasteiger partial charge in [0.15, 0.2) is 0 Å². The van der Waals surface area contributed by atoms with Crippen LogP contribution >= 0.6 is 0 Å². The molecule has 1 aliphatic rings. The highest BCUT2D eigenvalue weighted by Gasteiger charge is 2.23. The van der Waals surface area contributed by atoms with Gasteiger partial charge in [0.1, 0.15) is 5.75 Å². The summed E-state index contributed by atoms with van der Waals surface area (Å²) in [7, 11) is 3.91. The van der Waals surface area contributed by atoms with Gasteiger partial charge in [0.2, 0.25) is 0 Å². The molecule has 4 heteroatoms. The molecule has 3 aromatic rings. The SMILES string of the molecule is COc1ccc(CCCN(C)Cc2nn(-c3ccccc3)c3c2CCC3)cc1. The molecule has 0 fully saturated rings. The van der Waals surface area contributed by atoms with Gasteiger partial charge in [-0.15, -0.1) is 0 Å². The molecule has 0 spiro atoms. The fraction of sp³-hybridized carbons (Fsp3) is 0.375. The Morgan fingerprint density at radius 1 is 1.04 bits per heavy atom. The Kier molecular flexibility index (Phi) is 5.77. The van der Waals surface area contributed by atoms with Crippen molar-refractivity contribution in [3.8, 4) is 11.4 Å². The number of benzene rings is 2. The van der Waals surface area contributed by atoms with Gasteiger partial charge in [-0.3, -0.25) is 0 Å². The number of aryl methyl sites for hydroxylation is 1. The third-order valence-corrected chi connectivity index (χ3v) is 5.60. The number of aromatic nitrogens is 2. The molecule has 0 unspecified atom stereocenters. The number of rotatable bonds is 8. The molecule has 0 bridgehead atoms. The van der Waals surface area contributed by atoms with E-state index in [-0.39, 0.29) is 0 Å². The van der Waals surface area contributed by atoms with Crippen molar-refractivity contribution in [2.24, 2.45) is 0 Å². The van der Waals surface area contributed by atoms with E-state index in [9.17, 15) is 0 Å². The van der Waals surface area contributed by atoms with Crippen LogP contribution < -0.4 is 4.74 Å². The number of ether oxygens (including phenoxy) is 1. The van der Waals surface area contributed by atoms with Crippen molar-refractivity contribution in [1.29, 1.82) is 0 Å². The van der Waals surface area contributed by atoms with E-state index in [1.807, 2.05) is 12.1 Å². The van der Waals surface area contributed by atoms with Crippen molar-refractivity contribution in [2.75, 3.05) is 20.7 Å². The highest BCUT2D eigenvalue weighted by molar-refractivity contribution is 5.39. The zero-order valence-electron chi connectivity index (χ0n) is 16.9. The quantitative estimate of drug-likeness (QED) is 0.583. The summed E-state index contributed by atoms with van der Waals surface area (Å²) in [6.45, 7) is 1.99. The van der Waals surface area contributed by atoms with Gasteiger partial charge < -0.3 is 9.64 Å². The van der Waals surface area contributed by atoms with Gasteiger partial charge in [0, 0.05) is 12.2 Å². The molecule has 1 aromatic heterocycles. The highest BCUT2D eigenvalue weighted by atomic mass is 16.5. The second-order valence-electron chi connectivity index (χ2n) is 7.66. The van der Waals surface area contributed by atoms with E-state index in [4.69, 9.17) is 9.84 Å². The predicted molar refractivity (Wildman–Crippen MR) is 113 cm³/mol. The van der Waals surface area contributed by atoms with Crippen LogP contribution in [0.1, 0.15) is 35.4 Å². The largest absolute Gasteiger partial charge is 0.497 e. The summed E-state index contributed by atoms with van der Waals surface area (Å²) >= 11 is 0. The first-order valence-corrected chi connectivity index (χ1v) is 10.2. The summed E-state index contributed by atoms with van der Waals surface area (Å²) in [5, 5.41) is 4.99. The fourth-order valence-corrected chi connectivity index (χ4v) is 4.10. The average molecular weight is 376 g/mol. The van der Waals surface area contributed by atoms with Crippen LogP contribution in [0.5, 0.6) is 5.75 Å². The van der Waals surface area contributed by atoms with Crippen LogP contribution in [0, 0.1) is 0 Å². The molecular formula is C24H29N3O. The average Bonchev–Trinajstić information content (AvgIpc) is 3.33. The molecule has 4 rings (SSSR count). The maximum atomic E-state index is 5.23. The van der Waals surface area contributed by atoms with E-state index >= 15 is 0 Å². The van der Waals surface area contributed by atoms with Gasteiger partial charge >= 0.3 is 0 Å². The van der Waals surface area contributed by atoms with Crippen molar-refractivity contribution >= 4 is 0 Å². The van der Waals surface area contributed by atoms with Crippen LogP contribution in [-0.2, 0) is 25.8 Å². The second kappa shape index (κ2) is 8.61. The van der Waals surface area contributed by atoms with Gasteiger partial charge in [0.25, 0.3) is 0 Å². The molecule has 28 heavy (non-hydrogen) atoms. The molecule has 0 saturated heterocycles. The van der Waals surface area contributed by atoms with E-state index in [1.165, 1.54) is 34.6 Å². The second-order valence-corrected chi connectivity index (χ2v) is 7.66.